The van der Waals surface area contributed by atoms with Crippen LogP contribution in [0.25, 0.3) is 0 Å². The van der Waals surface area contributed by atoms with E-state index in [0.717, 1.165) is 5.69 Å². The van der Waals surface area contributed by atoms with Gasteiger partial charge < -0.3 is 10.6 Å². The number of rotatable bonds is 2. The van der Waals surface area contributed by atoms with Crippen molar-refractivity contribution in [2.45, 2.75) is 13.8 Å². The van der Waals surface area contributed by atoms with E-state index in [0.29, 0.717) is 6.67 Å². The number of anilines is 1. The Morgan fingerprint density at radius 2 is 2.08 bits per heavy atom. The monoisotopic (exact) mass is 168 g/mol. The normalized spacial score (nSPS) is 8.33. The third-order valence-corrected chi connectivity index (χ3v) is 1.28. The van der Waals surface area contributed by atoms with Crippen LogP contribution in [0.3, 0.4) is 0 Å². The number of hydrogen-bond acceptors (Lipinski definition) is 4. The summed E-state index contributed by atoms with van der Waals surface area (Å²) in [4.78, 5) is 1.88. The minimum Gasteiger partial charge on any atom is -0.361 e. The van der Waals surface area contributed by atoms with E-state index < -0.39 is 0 Å². The lowest BCUT2D eigenvalue weighted by molar-refractivity contribution is 0.912. The van der Waals surface area contributed by atoms with Crippen molar-refractivity contribution in [1.82, 2.24) is 10.2 Å². The van der Waals surface area contributed by atoms with Crippen LogP contribution < -0.4 is 10.6 Å². The molecule has 0 aromatic carbocycles. The molecule has 0 unspecified atom stereocenters. The quantitative estimate of drug-likeness (QED) is 0.665. The average Bonchev–Trinajstić information content (AvgIpc) is 2.21. The Bertz CT molecular complexity index is 188. The van der Waals surface area contributed by atoms with Crippen LogP contribution in [0.2, 0.25) is 0 Å². The van der Waals surface area contributed by atoms with Crippen LogP contribution >= 0.6 is 0 Å². The lowest BCUT2D eigenvalue weighted by Gasteiger charge is -2.14. The van der Waals surface area contributed by atoms with Crippen LogP contribution in [-0.4, -0.2) is 23.9 Å². The first-order valence-electron chi connectivity index (χ1n) is 4.02. The molecular weight excluding hydrogens is 152 g/mol. The van der Waals surface area contributed by atoms with Crippen LogP contribution in [0.15, 0.2) is 18.5 Å². The van der Waals surface area contributed by atoms with Gasteiger partial charge in [0.05, 0.1) is 24.7 Å². The van der Waals surface area contributed by atoms with Gasteiger partial charge in [-0.3, -0.25) is 0 Å². The maximum absolute atomic E-state index is 5.38. The summed E-state index contributed by atoms with van der Waals surface area (Å²) in [6.07, 6.45) is 3.31. The highest BCUT2D eigenvalue weighted by atomic mass is 15.2. The summed E-state index contributed by atoms with van der Waals surface area (Å²) in [5.74, 6) is 0. The Morgan fingerprint density at radius 1 is 1.42 bits per heavy atom. The second kappa shape index (κ2) is 6.54. The molecule has 0 amide bonds. The van der Waals surface area contributed by atoms with E-state index in [1.54, 1.807) is 12.4 Å². The van der Waals surface area contributed by atoms with Crippen molar-refractivity contribution in [2.24, 2.45) is 5.73 Å². The Morgan fingerprint density at radius 3 is 2.50 bits per heavy atom. The SMILES string of the molecule is CC.CN(CN)c1ccnnc1. The maximum atomic E-state index is 5.38. The summed E-state index contributed by atoms with van der Waals surface area (Å²) in [5, 5.41) is 7.35. The van der Waals surface area contributed by atoms with E-state index in [-0.39, 0.29) is 0 Å². The molecule has 4 nitrogen and oxygen atoms in total. The topological polar surface area (TPSA) is 55.0 Å². The lowest BCUT2D eigenvalue weighted by atomic mass is 10.4. The molecule has 0 aliphatic heterocycles. The predicted octanol–water partition coefficient (Wildman–Crippen LogP) is 0.855. The molecule has 0 saturated heterocycles. The minimum atomic E-state index is 0.492. The van der Waals surface area contributed by atoms with E-state index in [1.807, 2.05) is 31.9 Å². The van der Waals surface area contributed by atoms with E-state index >= 15 is 0 Å². The fourth-order valence-electron chi connectivity index (χ4n) is 0.615. The summed E-state index contributed by atoms with van der Waals surface area (Å²) in [5.41, 5.74) is 6.37. The van der Waals surface area contributed by atoms with Gasteiger partial charge in [-0.25, -0.2) is 0 Å². The Hall–Kier alpha value is -1.16. The van der Waals surface area contributed by atoms with Crippen LogP contribution in [-0.2, 0) is 0 Å². The molecule has 0 aliphatic rings. The lowest BCUT2D eigenvalue weighted by Crippen LogP contribution is -2.24. The molecule has 12 heavy (non-hydrogen) atoms. The van der Waals surface area contributed by atoms with Gasteiger partial charge >= 0.3 is 0 Å². The highest BCUT2D eigenvalue weighted by Crippen LogP contribution is 2.05. The zero-order valence-corrected chi connectivity index (χ0v) is 7.86. The van der Waals surface area contributed by atoms with Gasteiger partial charge in [-0.05, 0) is 6.07 Å². The first kappa shape index (κ1) is 10.8. The van der Waals surface area contributed by atoms with Crippen LogP contribution in [0.5, 0.6) is 0 Å². The molecule has 1 heterocycles. The number of nitrogens with zero attached hydrogens (tertiary/aromatic N) is 3. The summed E-state index contributed by atoms with van der Waals surface area (Å²) >= 11 is 0. The molecular formula is C8H16N4. The third kappa shape index (κ3) is 3.30. The second-order valence-corrected chi connectivity index (χ2v) is 1.98. The molecule has 0 radical (unpaired) electrons. The second-order valence-electron chi connectivity index (χ2n) is 1.98. The van der Waals surface area contributed by atoms with Crippen molar-refractivity contribution in [3.05, 3.63) is 18.5 Å². The van der Waals surface area contributed by atoms with E-state index in [2.05, 4.69) is 10.2 Å². The molecule has 4 heteroatoms. The molecule has 0 fully saturated rings. The molecule has 0 atom stereocenters. The van der Waals surface area contributed by atoms with Crippen molar-refractivity contribution >= 4 is 5.69 Å². The summed E-state index contributed by atoms with van der Waals surface area (Å²) in [7, 11) is 1.90. The Labute approximate surface area is 73.4 Å². The standard InChI is InChI=1S/C6H10N4.C2H6/c1-10(5-7)6-2-3-8-9-4-6;1-2/h2-4H,5,7H2,1H3;1-2H3. The number of nitrogens with two attached hydrogens (primary N) is 1. The van der Waals surface area contributed by atoms with Gasteiger partial charge in [0.1, 0.15) is 0 Å². The van der Waals surface area contributed by atoms with Gasteiger partial charge in [0.25, 0.3) is 0 Å². The van der Waals surface area contributed by atoms with Crippen molar-refractivity contribution in [1.29, 1.82) is 0 Å². The smallest absolute Gasteiger partial charge is 0.0730 e. The fraction of sp³-hybridized carbons (Fsp3) is 0.500. The van der Waals surface area contributed by atoms with Crippen molar-refractivity contribution < 1.29 is 0 Å². The molecule has 0 spiro atoms. The highest BCUT2D eigenvalue weighted by Gasteiger charge is 1.94. The van der Waals surface area contributed by atoms with E-state index in [1.165, 1.54) is 0 Å². The molecule has 2 N–H and O–H groups in total. The van der Waals surface area contributed by atoms with E-state index in [4.69, 9.17) is 5.73 Å². The van der Waals surface area contributed by atoms with E-state index in [9.17, 15) is 0 Å². The zero-order chi connectivity index (χ0) is 9.40. The summed E-state index contributed by atoms with van der Waals surface area (Å²) in [6, 6.07) is 1.86. The maximum Gasteiger partial charge on any atom is 0.0730 e. The zero-order valence-electron chi connectivity index (χ0n) is 7.86. The molecule has 1 aromatic heterocycles. The van der Waals surface area contributed by atoms with Gasteiger partial charge in [0.15, 0.2) is 0 Å². The van der Waals surface area contributed by atoms with Gasteiger partial charge in [0, 0.05) is 7.05 Å². The first-order chi connectivity index (χ1) is 5.84. The molecule has 68 valence electrons. The van der Waals surface area contributed by atoms with Crippen LogP contribution in [0.1, 0.15) is 13.8 Å². The van der Waals surface area contributed by atoms with Gasteiger partial charge in [-0.2, -0.15) is 10.2 Å². The fourth-order valence-corrected chi connectivity index (χ4v) is 0.615. The van der Waals surface area contributed by atoms with Crippen molar-refractivity contribution in [2.75, 3.05) is 18.6 Å². The summed E-state index contributed by atoms with van der Waals surface area (Å²) in [6.45, 7) is 4.49. The van der Waals surface area contributed by atoms with Gasteiger partial charge in [-0.15, -0.1) is 0 Å². The molecule has 0 bridgehead atoms. The first-order valence-corrected chi connectivity index (χ1v) is 4.02. The number of aromatic nitrogens is 2. The average molecular weight is 168 g/mol. The van der Waals surface area contributed by atoms with Crippen LogP contribution in [0.4, 0.5) is 5.69 Å². The summed E-state index contributed by atoms with van der Waals surface area (Å²) < 4.78 is 0. The molecule has 1 rings (SSSR count). The molecule has 0 aliphatic carbocycles. The molecule has 0 saturated carbocycles. The minimum absolute atomic E-state index is 0.492. The highest BCUT2D eigenvalue weighted by molar-refractivity contribution is 5.40. The van der Waals surface area contributed by atoms with Crippen molar-refractivity contribution in [3.8, 4) is 0 Å². The third-order valence-electron chi connectivity index (χ3n) is 1.28. The Balaban J connectivity index is 0.000000561. The Kier molecular flexibility index (Phi) is 5.91. The molecule has 1 aromatic rings. The van der Waals surface area contributed by atoms with Gasteiger partial charge in [0.2, 0.25) is 0 Å². The van der Waals surface area contributed by atoms with Crippen LogP contribution in [0, 0.1) is 0 Å². The van der Waals surface area contributed by atoms with Gasteiger partial charge in [-0.1, -0.05) is 13.8 Å². The number of hydrogen-bond donors (Lipinski definition) is 1. The van der Waals surface area contributed by atoms with Crippen molar-refractivity contribution in [3.63, 3.8) is 0 Å². The predicted molar refractivity (Wildman–Crippen MR) is 50.8 cm³/mol. The largest absolute Gasteiger partial charge is 0.361 e.